The highest BCUT2D eigenvalue weighted by Gasteiger charge is 2.19. The number of hydrogen-bond acceptors (Lipinski definition) is 4. The van der Waals surface area contributed by atoms with E-state index in [0.717, 1.165) is 18.7 Å². The molecule has 0 radical (unpaired) electrons. The Morgan fingerprint density at radius 2 is 1.71 bits per heavy atom. The normalized spacial score (nSPS) is 16.5. The Labute approximate surface area is 129 Å². The first-order valence-corrected chi connectivity index (χ1v) is 7.19. The molecule has 0 aliphatic carbocycles. The molecule has 0 spiro atoms. The van der Waals surface area contributed by atoms with Gasteiger partial charge >= 0.3 is 11.8 Å². The molecule has 2 amide bonds. The van der Waals surface area contributed by atoms with Gasteiger partial charge in [-0.15, -0.1) is 0 Å². The van der Waals surface area contributed by atoms with Crippen LogP contribution in [0.1, 0.15) is 5.56 Å². The van der Waals surface area contributed by atoms with Crippen LogP contribution in [0.5, 0.6) is 0 Å². The molecule has 1 aromatic rings. The van der Waals surface area contributed by atoms with E-state index in [0.29, 0.717) is 24.7 Å². The lowest BCUT2D eigenvalue weighted by molar-refractivity contribution is -0.142. The summed E-state index contributed by atoms with van der Waals surface area (Å²) in [5.74, 6) is -1.27. The van der Waals surface area contributed by atoms with Gasteiger partial charge in [-0.2, -0.15) is 0 Å². The van der Waals surface area contributed by atoms with E-state index in [1.54, 1.807) is 29.3 Å². The topological polar surface area (TPSA) is 64.7 Å². The molecule has 21 heavy (non-hydrogen) atoms. The van der Waals surface area contributed by atoms with E-state index in [4.69, 9.17) is 11.6 Å². The van der Waals surface area contributed by atoms with E-state index in [2.05, 4.69) is 15.6 Å². The molecular formula is C14H19ClN4O2. The maximum absolute atomic E-state index is 11.8. The van der Waals surface area contributed by atoms with Gasteiger partial charge in [0.2, 0.25) is 0 Å². The molecule has 1 fully saturated rings. The second-order valence-corrected chi connectivity index (χ2v) is 5.48. The summed E-state index contributed by atoms with van der Waals surface area (Å²) < 4.78 is 0. The van der Waals surface area contributed by atoms with Crippen molar-refractivity contribution in [1.82, 2.24) is 20.7 Å². The van der Waals surface area contributed by atoms with Crippen molar-refractivity contribution in [2.75, 3.05) is 33.2 Å². The van der Waals surface area contributed by atoms with E-state index in [-0.39, 0.29) is 0 Å². The molecule has 0 atom stereocenters. The summed E-state index contributed by atoms with van der Waals surface area (Å²) in [6.07, 6.45) is 0. The Bertz CT molecular complexity index is 498. The molecule has 0 bridgehead atoms. The number of piperazine rings is 1. The van der Waals surface area contributed by atoms with Crippen molar-refractivity contribution in [3.05, 3.63) is 34.9 Å². The highest BCUT2D eigenvalue weighted by molar-refractivity contribution is 6.34. The van der Waals surface area contributed by atoms with Crippen LogP contribution in [0.4, 0.5) is 0 Å². The average molecular weight is 311 g/mol. The van der Waals surface area contributed by atoms with Crippen LogP contribution < -0.4 is 10.7 Å². The molecule has 1 heterocycles. The van der Waals surface area contributed by atoms with Crippen LogP contribution in [0.3, 0.4) is 0 Å². The molecule has 7 heteroatoms. The highest BCUT2D eigenvalue weighted by atomic mass is 35.5. The minimum atomic E-state index is -0.635. The van der Waals surface area contributed by atoms with E-state index in [1.807, 2.05) is 7.05 Å². The molecule has 0 aromatic heterocycles. The molecule has 114 valence electrons. The smallest absolute Gasteiger partial charge is 0.323 e. The first-order chi connectivity index (χ1) is 10.0. The van der Waals surface area contributed by atoms with E-state index in [9.17, 15) is 9.59 Å². The second-order valence-electron chi connectivity index (χ2n) is 5.04. The summed E-state index contributed by atoms with van der Waals surface area (Å²) in [5, 5.41) is 4.99. The van der Waals surface area contributed by atoms with Crippen LogP contribution in [0.2, 0.25) is 5.02 Å². The average Bonchev–Trinajstić information content (AvgIpc) is 2.48. The standard InChI is InChI=1S/C14H19ClN4O2/c1-18-6-8-19(9-7-18)17-14(21)13(20)16-10-11-2-4-12(15)5-3-11/h2-5H,6-10H2,1H3,(H,16,20)(H,17,21). The minimum Gasteiger partial charge on any atom is -0.344 e. The van der Waals surface area contributed by atoms with Gasteiger partial charge in [0.1, 0.15) is 0 Å². The number of hydrazine groups is 1. The fourth-order valence-corrected chi connectivity index (χ4v) is 2.10. The number of rotatable bonds is 3. The van der Waals surface area contributed by atoms with Gasteiger partial charge in [-0.3, -0.25) is 15.0 Å². The maximum Gasteiger partial charge on any atom is 0.323 e. The van der Waals surface area contributed by atoms with Gasteiger partial charge in [-0.05, 0) is 24.7 Å². The molecule has 0 unspecified atom stereocenters. The van der Waals surface area contributed by atoms with Gasteiger partial charge in [0.05, 0.1) is 0 Å². The maximum atomic E-state index is 11.8. The number of carbonyl (C=O) groups is 2. The predicted molar refractivity (Wildman–Crippen MR) is 80.5 cm³/mol. The molecule has 0 saturated carbocycles. The fraction of sp³-hybridized carbons (Fsp3) is 0.429. The molecule has 1 aromatic carbocycles. The number of nitrogens with one attached hydrogen (secondary N) is 2. The summed E-state index contributed by atoms with van der Waals surface area (Å²) in [7, 11) is 2.03. The number of benzene rings is 1. The first kappa shape index (κ1) is 15.8. The van der Waals surface area contributed by atoms with Gasteiger partial charge in [-0.1, -0.05) is 23.7 Å². The zero-order chi connectivity index (χ0) is 15.2. The van der Waals surface area contributed by atoms with Crippen LogP contribution in [-0.4, -0.2) is 54.9 Å². The predicted octanol–water partition coefficient (Wildman–Crippen LogP) is 0.235. The first-order valence-electron chi connectivity index (χ1n) is 6.81. The zero-order valence-electron chi connectivity index (χ0n) is 11.9. The van der Waals surface area contributed by atoms with Crippen LogP contribution >= 0.6 is 11.6 Å². The quantitative estimate of drug-likeness (QED) is 0.785. The highest BCUT2D eigenvalue weighted by Crippen LogP contribution is 2.09. The Morgan fingerprint density at radius 1 is 1.10 bits per heavy atom. The molecule has 2 rings (SSSR count). The summed E-state index contributed by atoms with van der Waals surface area (Å²) in [4.78, 5) is 25.7. The molecule has 1 aliphatic rings. The number of carbonyl (C=O) groups excluding carboxylic acids is 2. The van der Waals surface area contributed by atoms with Crippen LogP contribution in [-0.2, 0) is 16.1 Å². The monoisotopic (exact) mass is 310 g/mol. The van der Waals surface area contributed by atoms with Crippen LogP contribution in [0.15, 0.2) is 24.3 Å². The zero-order valence-corrected chi connectivity index (χ0v) is 12.7. The summed E-state index contributed by atoms with van der Waals surface area (Å²) in [6, 6.07) is 7.10. The third kappa shape index (κ3) is 5.00. The van der Waals surface area contributed by atoms with Crippen LogP contribution in [0, 0.1) is 0 Å². The van der Waals surface area contributed by atoms with Gasteiger partial charge in [0, 0.05) is 37.7 Å². The third-order valence-corrected chi connectivity index (χ3v) is 3.59. The molecular weight excluding hydrogens is 292 g/mol. The number of hydrogen-bond donors (Lipinski definition) is 2. The third-order valence-electron chi connectivity index (χ3n) is 3.34. The fourth-order valence-electron chi connectivity index (χ4n) is 1.98. The second kappa shape index (κ2) is 7.40. The molecule has 1 saturated heterocycles. The van der Waals surface area contributed by atoms with Crippen molar-refractivity contribution < 1.29 is 9.59 Å². The number of nitrogens with zero attached hydrogens (tertiary/aromatic N) is 2. The lowest BCUT2D eigenvalue weighted by Gasteiger charge is -2.32. The number of amides is 2. The molecule has 6 nitrogen and oxygen atoms in total. The van der Waals surface area contributed by atoms with Gasteiger partial charge < -0.3 is 10.2 Å². The molecule has 1 aliphatic heterocycles. The largest absolute Gasteiger partial charge is 0.344 e. The summed E-state index contributed by atoms with van der Waals surface area (Å²) in [6.45, 7) is 3.46. The summed E-state index contributed by atoms with van der Waals surface area (Å²) in [5.41, 5.74) is 3.51. The van der Waals surface area contributed by atoms with E-state index >= 15 is 0 Å². The van der Waals surface area contributed by atoms with Crippen molar-refractivity contribution in [1.29, 1.82) is 0 Å². The van der Waals surface area contributed by atoms with E-state index < -0.39 is 11.8 Å². The lowest BCUT2D eigenvalue weighted by atomic mass is 10.2. The number of likely N-dealkylation sites (N-methyl/N-ethyl adjacent to an activating group) is 1. The van der Waals surface area contributed by atoms with Crippen molar-refractivity contribution in [3.8, 4) is 0 Å². The van der Waals surface area contributed by atoms with Gasteiger partial charge in [-0.25, -0.2) is 5.01 Å². The number of halogens is 1. The Hall–Kier alpha value is -1.63. The van der Waals surface area contributed by atoms with Crippen molar-refractivity contribution in [2.45, 2.75) is 6.54 Å². The SMILES string of the molecule is CN1CCN(NC(=O)C(=O)NCc2ccc(Cl)cc2)CC1. The summed E-state index contributed by atoms with van der Waals surface area (Å²) >= 11 is 5.78. The Morgan fingerprint density at radius 3 is 2.33 bits per heavy atom. The van der Waals surface area contributed by atoms with Gasteiger partial charge in [0.15, 0.2) is 0 Å². The molecule has 2 N–H and O–H groups in total. The van der Waals surface area contributed by atoms with E-state index in [1.165, 1.54) is 0 Å². The van der Waals surface area contributed by atoms with Crippen molar-refractivity contribution in [2.24, 2.45) is 0 Å². The van der Waals surface area contributed by atoms with Crippen molar-refractivity contribution >= 4 is 23.4 Å². The van der Waals surface area contributed by atoms with Crippen LogP contribution in [0.25, 0.3) is 0 Å². The Kier molecular flexibility index (Phi) is 5.55. The minimum absolute atomic E-state index is 0.298. The lowest BCUT2D eigenvalue weighted by Crippen LogP contribution is -2.55. The van der Waals surface area contributed by atoms with Crippen molar-refractivity contribution in [3.63, 3.8) is 0 Å². The van der Waals surface area contributed by atoms with Gasteiger partial charge in [0.25, 0.3) is 0 Å². The Balaban J connectivity index is 1.75.